The van der Waals surface area contributed by atoms with Crippen LogP contribution in [0.5, 0.6) is 0 Å². The highest BCUT2D eigenvalue weighted by molar-refractivity contribution is 5.76. The van der Waals surface area contributed by atoms with Gasteiger partial charge >= 0.3 is 0 Å². The third-order valence-corrected chi connectivity index (χ3v) is 2.23. The minimum Gasteiger partial charge on any atom is -0.372 e. The number of carbonyl (C=O) groups is 1. The molecule has 0 aromatic rings. The number of rotatable bonds is 5. The first kappa shape index (κ1) is 11.5. The summed E-state index contributed by atoms with van der Waals surface area (Å²) in [4.78, 5) is 11.2. The van der Waals surface area contributed by atoms with Crippen molar-refractivity contribution in [3.05, 3.63) is 0 Å². The van der Waals surface area contributed by atoms with Crippen molar-refractivity contribution in [2.45, 2.75) is 38.8 Å². The predicted molar refractivity (Wildman–Crippen MR) is 55.1 cm³/mol. The zero-order valence-electron chi connectivity index (χ0n) is 9.22. The largest absolute Gasteiger partial charge is 0.372 e. The molecule has 0 unspecified atom stereocenters. The molecule has 0 aromatic carbocycles. The van der Waals surface area contributed by atoms with E-state index >= 15 is 0 Å². The fourth-order valence-electron chi connectivity index (χ4n) is 1.36. The molecule has 0 aromatic heterocycles. The van der Waals surface area contributed by atoms with Crippen molar-refractivity contribution in [1.82, 2.24) is 10.6 Å². The van der Waals surface area contributed by atoms with Gasteiger partial charge in [-0.3, -0.25) is 4.79 Å². The highest BCUT2D eigenvalue weighted by Gasteiger charge is 2.32. The zero-order valence-corrected chi connectivity index (χ0v) is 9.22. The van der Waals surface area contributed by atoms with E-state index in [2.05, 4.69) is 17.6 Å². The molecule has 1 heterocycles. The Morgan fingerprint density at radius 1 is 1.57 bits per heavy atom. The maximum atomic E-state index is 11.2. The van der Waals surface area contributed by atoms with E-state index in [0.717, 1.165) is 13.1 Å². The predicted octanol–water partition coefficient (Wildman–Crippen LogP) is 0.280. The summed E-state index contributed by atoms with van der Waals surface area (Å²) >= 11 is 0. The third-order valence-electron chi connectivity index (χ3n) is 2.23. The van der Waals surface area contributed by atoms with Gasteiger partial charge in [-0.15, -0.1) is 0 Å². The number of hydrogen-bond acceptors (Lipinski definition) is 3. The van der Waals surface area contributed by atoms with Crippen molar-refractivity contribution < 1.29 is 9.53 Å². The van der Waals surface area contributed by atoms with Gasteiger partial charge in [0.2, 0.25) is 5.91 Å². The Morgan fingerprint density at radius 2 is 2.21 bits per heavy atom. The van der Waals surface area contributed by atoms with Crippen LogP contribution in [0.2, 0.25) is 0 Å². The van der Waals surface area contributed by atoms with Crippen molar-refractivity contribution in [2.24, 2.45) is 0 Å². The average Bonchev–Trinajstić information content (AvgIpc) is 1.99. The second kappa shape index (κ2) is 4.75. The second-order valence-corrected chi connectivity index (χ2v) is 4.37. The molecule has 1 aliphatic heterocycles. The lowest BCUT2D eigenvalue weighted by atomic mass is 10.0. The van der Waals surface area contributed by atoms with Gasteiger partial charge in [-0.05, 0) is 20.8 Å². The molecule has 4 nitrogen and oxygen atoms in total. The molecule has 1 amide bonds. The molecule has 2 N–H and O–H groups in total. The van der Waals surface area contributed by atoms with Crippen LogP contribution in [0.4, 0.5) is 0 Å². The van der Waals surface area contributed by atoms with Crippen LogP contribution in [0.15, 0.2) is 0 Å². The van der Waals surface area contributed by atoms with Crippen molar-refractivity contribution in [1.29, 1.82) is 0 Å². The molecule has 0 atom stereocenters. The van der Waals surface area contributed by atoms with Gasteiger partial charge in [0.05, 0.1) is 12.2 Å². The van der Waals surface area contributed by atoms with Crippen LogP contribution < -0.4 is 10.6 Å². The van der Waals surface area contributed by atoms with Gasteiger partial charge in [-0.1, -0.05) is 0 Å². The lowest BCUT2D eigenvalue weighted by Crippen LogP contribution is -2.59. The van der Waals surface area contributed by atoms with Crippen LogP contribution in [-0.2, 0) is 9.53 Å². The van der Waals surface area contributed by atoms with Gasteiger partial charge in [0.1, 0.15) is 0 Å². The summed E-state index contributed by atoms with van der Waals surface area (Å²) in [6.45, 7) is 8.25. The van der Waals surface area contributed by atoms with E-state index in [1.165, 1.54) is 0 Å². The van der Waals surface area contributed by atoms with Gasteiger partial charge in [-0.2, -0.15) is 0 Å². The Kier molecular flexibility index (Phi) is 3.89. The van der Waals surface area contributed by atoms with E-state index < -0.39 is 0 Å². The molecule has 0 bridgehead atoms. The number of ether oxygens (including phenoxy) is 1. The van der Waals surface area contributed by atoms with E-state index in [9.17, 15) is 4.79 Å². The monoisotopic (exact) mass is 200 g/mol. The normalized spacial score (nSPS) is 19.1. The molecule has 1 fully saturated rings. The van der Waals surface area contributed by atoms with Gasteiger partial charge in [0.15, 0.2) is 0 Å². The maximum absolute atomic E-state index is 11.2. The summed E-state index contributed by atoms with van der Waals surface area (Å²) in [5.41, 5.74) is -0.0435. The summed E-state index contributed by atoms with van der Waals surface area (Å²) in [5.74, 6) is 0.0656. The SMILES string of the molecule is CC(C)NC(=O)CCOC1(C)CNC1. The molecule has 4 heteroatoms. The van der Waals surface area contributed by atoms with Crippen LogP contribution >= 0.6 is 0 Å². The van der Waals surface area contributed by atoms with Gasteiger partial charge in [0.25, 0.3) is 0 Å². The molecule has 1 aliphatic rings. The molecule has 14 heavy (non-hydrogen) atoms. The first-order valence-corrected chi connectivity index (χ1v) is 5.16. The number of amides is 1. The average molecular weight is 200 g/mol. The summed E-state index contributed by atoms with van der Waals surface area (Å²) in [7, 11) is 0. The summed E-state index contributed by atoms with van der Waals surface area (Å²) in [6.07, 6.45) is 0.452. The highest BCUT2D eigenvalue weighted by atomic mass is 16.5. The Balaban J connectivity index is 2.06. The highest BCUT2D eigenvalue weighted by Crippen LogP contribution is 2.15. The summed E-state index contributed by atoms with van der Waals surface area (Å²) in [5, 5.41) is 5.98. The zero-order chi connectivity index (χ0) is 10.6. The Morgan fingerprint density at radius 3 is 2.64 bits per heavy atom. The summed E-state index contributed by atoms with van der Waals surface area (Å²) in [6, 6.07) is 0.212. The first-order valence-electron chi connectivity index (χ1n) is 5.16. The number of nitrogens with one attached hydrogen (secondary N) is 2. The third kappa shape index (κ3) is 3.64. The Hall–Kier alpha value is -0.610. The quantitative estimate of drug-likeness (QED) is 0.670. The molecule has 0 saturated carbocycles. The van der Waals surface area contributed by atoms with Crippen molar-refractivity contribution >= 4 is 5.91 Å². The standard InChI is InChI=1S/C10H20N2O2/c1-8(2)12-9(13)4-5-14-10(3)6-11-7-10/h8,11H,4-7H2,1-3H3,(H,12,13). The van der Waals surface area contributed by atoms with E-state index in [-0.39, 0.29) is 17.6 Å². The van der Waals surface area contributed by atoms with E-state index in [1.807, 2.05) is 13.8 Å². The topological polar surface area (TPSA) is 50.4 Å². The van der Waals surface area contributed by atoms with Crippen LogP contribution in [-0.4, -0.2) is 37.2 Å². The van der Waals surface area contributed by atoms with Gasteiger partial charge in [0, 0.05) is 25.6 Å². The number of hydrogen-bond donors (Lipinski definition) is 2. The molecular formula is C10H20N2O2. The second-order valence-electron chi connectivity index (χ2n) is 4.37. The van der Waals surface area contributed by atoms with Crippen molar-refractivity contribution in [3.8, 4) is 0 Å². The lowest BCUT2D eigenvalue weighted by molar-refractivity contribution is -0.125. The van der Waals surface area contributed by atoms with Gasteiger partial charge < -0.3 is 15.4 Å². The Bertz CT molecular complexity index is 200. The lowest BCUT2D eigenvalue weighted by Gasteiger charge is -2.39. The summed E-state index contributed by atoms with van der Waals surface area (Å²) < 4.78 is 5.59. The molecule has 0 aliphatic carbocycles. The first-order chi connectivity index (χ1) is 6.52. The maximum Gasteiger partial charge on any atom is 0.222 e. The molecule has 1 saturated heterocycles. The molecule has 0 spiro atoms. The molecule has 1 rings (SSSR count). The number of carbonyl (C=O) groups excluding carboxylic acids is 1. The Labute approximate surface area is 85.4 Å². The fourth-order valence-corrected chi connectivity index (χ4v) is 1.36. The van der Waals surface area contributed by atoms with Crippen LogP contribution in [0.25, 0.3) is 0 Å². The molecule has 0 radical (unpaired) electrons. The minimum atomic E-state index is -0.0435. The van der Waals surface area contributed by atoms with E-state index in [4.69, 9.17) is 4.74 Å². The smallest absolute Gasteiger partial charge is 0.222 e. The van der Waals surface area contributed by atoms with Crippen molar-refractivity contribution in [2.75, 3.05) is 19.7 Å². The van der Waals surface area contributed by atoms with E-state index in [0.29, 0.717) is 13.0 Å². The van der Waals surface area contributed by atoms with E-state index in [1.54, 1.807) is 0 Å². The molecule has 82 valence electrons. The van der Waals surface area contributed by atoms with Gasteiger partial charge in [-0.25, -0.2) is 0 Å². The minimum absolute atomic E-state index is 0.0435. The molecular weight excluding hydrogens is 180 g/mol. The fraction of sp³-hybridized carbons (Fsp3) is 0.900. The van der Waals surface area contributed by atoms with Crippen molar-refractivity contribution in [3.63, 3.8) is 0 Å². The van der Waals surface area contributed by atoms with Crippen LogP contribution in [0.3, 0.4) is 0 Å². The van der Waals surface area contributed by atoms with Crippen LogP contribution in [0, 0.1) is 0 Å². The van der Waals surface area contributed by atoms with Crippen LogP contribution in [0.1, 0.15) is 27.2 Å².